The molecule has 1 atom stereocenters. The second kappa shape index (κ2) is 5.32. The third-order valence-corrected chi connectivity index (χ3v) is 3.48. The van der Waals surface area contributed by atoms with Gasteiger partial charge in [0.15, 0.2) is 5.13 Å². The van der Waals surface area contributed by atoms with Crippen LogP contribution >= 0.6 is 22.9 Å². The van der Waals surface area contributed by atoms with Crippen molar-refractivity contribution in [3.8, 4) is 0 Å². The van der Waals surface area contributed by atoms with Gasteiger partial charge in [0.25, 0.3) is 0 Å². The lowest BCUT2D eigenvalue weighted by molar-refractivity contribution is -0.380. The summed E-state index contributed by atoms with van der Waals surface area (Å²) in [6.45, 7) is 1.94. The van der Waals surface area contributed by atoms with Gasteiger partial charge in [0.2, 0.25) is 0 Å². The van der Waals surface area contributed by atoms with Gasteiger partial charge in [-0.05, 0) is 36.0 Å². The first-order valence-electron chi connectivity index (χ1n) is 5.18. The zero-order valence-corrected chi connectivity index (χ0v) is 11.0. The van der Waals surface area contributed by atoms with Crippen LogP contribution in [0.1, 0.15) is 18.5 Å². The Labute approximate surface area is 113 Å². The molecule has 2 rings (SSSR count). The van der Waals surface area contributed by atoms with E-state index < -0.39 is 4.92 Å². The molecule has 0 fully saturated rings. The smallest absolute Gasteiger partial charge is 0.345 e. The molecule has 0 saturated heterocycles. The van der Waals surface area contributed by atoms with Gasteiger partial charge in [0.1, 0.15) is 6.20 Å². The minimum Gasteiger partial charge on any atom is -0.355 e. The molecule has 7 heteroatoms. The van der Waals surface area contributed by atoms with E-state index in [1.165, 1.54) is 6.20 Å². The average Bonchev–Trinajstić information content (AvgIpc) is 2.77. The van der Waals surface area contributed by atoms with Gasteiger partial charge in [-0.3, -0.25) is 10.1 Å². The van der Waals surface area contributed by atoms with Crippen LogP contribution in [0.4, 0.5) is 10.1 Å². The third kappa shape index (κ3) is 2.96. The van der Waals surface area contributed by atoms with Crippen molar-refractivity contribution in [2.45, 2.75) is 13.0 Å². The van der Waals surface area contributed by atoms with E-state index in [4.69, 9.17) is 11.6 Å². The molecule has 1 unspecified atom stereocenters. The van der Waals surface area contributed by atoms with Crippen molar-refractivity contribution >= 4 is 33.1 Å². The second-order valence-electron chi connectivity index (χ2n) is 3.68. The van der Waals surface area contributed by atoms with Crippen molar-refractivity contribution in [3.05, 3.63) is 51.2 Å². The minimum atomic E-state index is -0.451. The molecule has 5 nitrogen and oxygen atoms in total. The Balaban J connectivity index is 2.11. The molecule has 0 spiro atoms. The first kappa shape index (κ1) is 12.8. The summed E-state index contributed by atoms with van der Waals surface area (Å²) in [7, 11) is 0. The van der Waals surface area contributed by atoms with Crippen LogP contribution in [-0.4, -0.2) is 9.91 Å². The van der Waals surface area contributed by atoms with Gasteiger partial charge in [-0.25, -0.2) is 4.98 Å². The molecule has 0 radical (unpaired) electrons. The fourth-order valence-corrected chi connectivity index (χ4v) is 2.38. The van der Waals surface area contributed by atoms with E-state index in [9.17, 15) is 10.1 Å². The SMILES string of the molecule is CC(Nc1ncc([N+](=O)[O-])s1)c1cccc(Cl)c1. The number of rotatable bonds is 4. The molecular weight excluding hydrogens is 274 g/mol. The number of hydrogen-bond donors (Lipinski definition) is 1. The molecular formula is C11H10ClN3O2S. The Kier molecular flexibility index (Phi) is 3.78. The maximum absolute atomic E-state index is 10.5. The summed E-state index contributed by atoms with van der Waals surface area (Å²) >= 11 is 6.92. The van der Waals surface area contributed by atoms with Crippen LogP contribution in [0.5, 0.6) is 0 Å². The van der Waals surface area contributed by atoms with Crippen molar-refractivity contribution in [3.63, 3.8) is 0 Å². The Morgan fingerprint density at radius 2 is 2.33 bits per heavy atom. The molecule has 0 saturated carbocycles. The topological polar surface area (TPSA) is 68.1 Å². The minimum absolute atomic E-state index is 0.0190. The molecule has 0 aliphatic carbocycles. The molecule has 1 aromatic heterocycles. The highest BCUT2D eigenvalue weighted by atomic mass is 35.5. The monoisotopic (exact) mass is 283 g/mol. The average molecular weight is 284 g/mol. The number of nitro groups is 1. The van der Waals surface area contributed by atoms with E-state index in [1.54, 1.807) is 6.07 Å². The summed E-state index contributed by atoms with van der Waals surface area (Å²) in [5.41, 5.74) is 1.00. The van der Waals surface area contributed by atoms with Crippen LogP contribution in [0, 0.1) is 10.1 Å². The van der Waals surface area contributed by atoms with E-state index in [2.05, 4.69) is 10.3 Å². The third-order valence-electron chi connectivity index (χ3n) is 2.36. The summed E-state index contributed by atoms with van der Waals surface area (Å²) in [6.07, 6.45) is 1.25. The highest BCUT2D eigenvalue weighted by molar-refractivity contribution is 7.18. The van der Waals surface area contributed by atoms with Crippen molar-refractivity contribution < 1.29 is 4.92 Å². The highest BCUT2D eigenvalue weighted by Crippen LogP contribution is 2.28. The highest BCUT2D eigenvalue weighted by Gasteiger charge is 2.13. The molecule has 0 bridgehead atoms. The number of anilines is 1. The predicted octanol–water partition coefficient (Wildman–Crippen LogP) is 3.88. The number of thiazole rings is 1. The Morgan fingerprint density at radius 3 is 2.94 bits per heavy atom. The van der Waals surface area contributed by atoms with E-state index in [0.29, 0.717) is 10.2 Å². The predicted molar refractivity (Wildman–Crippen MR) is 72.3 cm³/mol. The van der Waals surface area contributed by atoms with Crippen LogP contribution in [0.3, 0.4) is 0 Å². The molecule has 18 heavy (non-hydrogen) atoms. The number of nitrogens with one attached hydrogen (secondary N) is 1. The lowest BCUT2D eigenvalue weighted by Gasteiger charge is -2.13. The normalized spacial score (nSPS) is 12.1. The van der Waals surface area contributed by atoms with Crippen LogP contribution < -0.4 is 5.32 Å². The van der Waals surface area contributed by atoms with E-state index >= 15 is 0 Å². The van der Waals surface area contributed by atoms with Crippen molar-refractivity contribution in [2.24, 2.45) is 0 Å². The van der Waals surface area contributed by atoms with E-state index in [0.717, 1.165) is 16.9 Å². The van der Waals surface area contributed by atoms with Crippen molar-refractivity contribution in [1.82, 2.24) is 4.98 Å². The lowest BCUT2D eigenvalue weighted by Crippen LogP contribution is -2.05. The van der Waals surface area contributed by atoms with Gasteiger partial charge in [-0.2, -0.15) is 0 Å². The lowest BCUT2D eigenvalue weighted by atomic mass is 10.1. The first-order chi connectivity index (χ1) is 8.56. The van der Waals surface area contributed by atoms with Crippen LogP contribution in [-0.2, 0) is 0 Å². The Bertz CT molecular complexity index is 573. The van der Waals surface area contributed by atoms with Gasteiger partial charge >= 0.3 is 5.00 Å². The maximum Gasteiger partial charge on any atom is 0.345 e. The van der Waals surface area contributed by atoms with Crippen molar-refractivity contribution in [1.29, 1.82) is 0 Å². The first-order valence-corrected chi connectivity index (χ1v) is 6.38. The van der Waals surface area contributed by atoms with Crippen LogP contribution in [0.2, 0.25) is 5.02 Å². The zero-order valence-electron chi connectivity index (χ0n) is 9.46. The molecule has 94 valence electrons. The number of halogens is 1. The van der Waals surface area contributed by atoms with Gasteiger partial charge in [-0.15, -0.1) is 0 Å². The van der Waals surface area contributed by atoms with E-state index in [1.807, 2.05) is 25.1 Å². The quantitative estimate of drug-likeness (QED) is 0.683. The standard InChI is InChI=1S/C11H10ClN3O2S/c1-7(8-3-2-4-9(12)5-8)14-11-13-6-10(18-11)15(16)17/h2-7H,1H3,(H,13,14). The number of benzene rings is 1. The maximum atomic E-state index is 10.5. The molecule has 0 amide bonds. The molecule has 1 heterocycles. The molecule has 1 aromatic carbocycles. The molecule has 0 aliphatic rings. The number of hydrogen-bond acceptors (Lipinski definition) is 5. The van der Waals surface area contributed by atoms with Gasteiger partial charge < -0.3 is 5.32 Å². The Hall–Kier alpha value is -1.66. The summed E-state index contributed by atoms with van der Waals surface area (Å²) in [5, 5.41) is 14.9. The Morgan fingerprint density at radius 1 is 1.56 bits per heavy atom. The number of nitrogens with zero attached hydrogens (tertiary/aromatic N) is 2. The molecule has 0 aliphatic heterocycles. The number of aromatic nitrogens is 1. The summed E-state index contributed by atoms with van der Waals surface area (Å²) in [4.78, 5) is 14.1. The zero-order chi connectivity index (χ0) is 13.1. The summed E-state index contributed by atoms with van der Waals surface area (Å²) < 4.78 is 0. The van der Waals surface area contributed by atoms with Crippen LogP contribution in [0.25, 0.3) is 0 Å². The van der Waals surface area contributed by atoms with Gasteiger partial charge in [-0.1, -0.05) is 23.7 Å². The van der Waals surface area contributed by atoms with Crippen LogP contribution in [0.15, 0.2) is 30.5 Å². The molecule has 1 N–H and O–H groups in total. The summed E-state index contributed by atoms with van der Waals surface area (Å²) in [5.74, 6) is 0. The second-order valence-corrected chi connectivity index (χ2v) is 5.13. The summed E-state index contributed by atoms with van der Waals surface area (Å²) in [6, 6.07) is 7.42. The largest absolute Gasteiger partial charge is 0.355 e. The van der Waals surface area contributed by atoms with Gasteiger partial charge in [0, 0.05) is 5.02 Å². The molecule has 2 aromatic rings. The fraction of sp³-hybridized carbons (Fsp3) is 0.182. The fourth-order valence-electron chi connectivity index (χ4n) is 1.46. The van der Waals surface area contributed by atoms with Gasteiger partial charge in [0.05, 0.1) is 11.0 Å². The van der Waals surface area contributed by atoms with Crippen molar-refractivity contribution in [2.75, 3.05) is 5.32 Å². The van der Waals surface area contributed by atoms with E-state index in [-0.39, 0.29) is 11.0 Å².